The molecule has 0 saturated carbocycles. The Bertz CT molecular complexity index is 410. The van der Waals surface area contributed by atoms with Crippen LogP contribution in [0.2, 0.25) is 5.02 Å². The van der Waals surface area contributed by atoms with E-state index in [4.69, 9.17) is 11.6 Å². The van der Waals surface area contributed by atoms with E-state index in [2.05, 4.69) is 48.0 Å². The standard InChI is InChI=1S/C17H27ClN2S/c1-3-9-19-17(15-4-6-16(18)7-5-15)8-10-20-11-12-21-13-14(20)2/h4-7,14,17,19H,3,8-13H2,1-2H3. The second kappa shape index (κ2) is 9.04. The van der Waals surface area contributed by atoms with Crippen molar-refractivity contribution >= 4 is 23.4 Å². The van der Waals surface area contributed by atoms with Crippen molar-refractivity contribution < 1.29 is 0 Å². The van der Waals surface area contributed by atoms with Crippen molar-refractivity contribution in [2.24, 2.45) is 0 Å². The van der Waals surface area contributed by atoms with Crippen molar-refractivity contribution in [1.82, 2.24) is 10.2 Å². The normalized spacial score (nSPS) is 21.4. The van der Waals surface area contributed by atoms with Crippen molar-refractivity contribution in [2.45, 2.75) is 38.8 Å². The van der Waals surface area contributed by atoms with E-state index in [-0.39, 0.29) is 0 Å². The third-order valence-electron chi connectivity index (χ3n) is 4.12. The molecule has 1 aliphatic heterocycles. The zero-order valence-electron chi connectivity index (χ0n) is 13.1. The van der Waals surface area contributed by atoms with Crippen LogP contribution < -0.4 is 5.32 Å². The molecule has 0 bridgehead atoms. The monoisotopic (exact) mass is 326 g/mol. The third kappa shape index (κ3) is 5.48. The van der Waals surface area contributed by atoms with E-state index >= 15 is 0 Å². The minimum Gasteiger partial charge on any atom is -0.310 e. The zero-order valence-corrected chi connectivity index (χ0v) is 14.7. The summed E-state index contributed by atoms with van der Waals surface area (Å²) in [7, 11) is 0. The van der Waals surface area contributed by atoms with Gasteiger partial charge in [0.2, 0.25) is 0 Å². The maximum Gasteiger partial charge on any atom is 0.0406 e. The lowest BCUT2D eigenvalue weighted by molar-refractivity contribution is 0.219. The maximum absolute atomic E-state index is 6.01. The number of hydrogen-bond donors (Lipinski definition) is 1. The molecule has 2 nitrogen and oxygen atoms in total. The average molecular weight is 327 g/mol. The fourth-order valence-corrected chi connectivity index (χ4v) is 4.00. The summed E-state index contributed by atoms with van der Waals surface area (Å²) in [6.07, 6.45) is 2.33. The summed E-state index contributed by atoms with van der Waals surface area (Å²) >= 11 is 8.09. The molecule has 0 spiro atoms. The molecule has 2 atom stereocenters. The van der Waals surface area contributed by atoms with Gasteiger partial charge in [-0.2, -0.15) is 11.8 Å². The smallest absolute Gasteiger partial charge is 0.0406 e. The largest absolute Gasteiger partial charge is 0.310 e. The Kier molecular flexibility index (Phi) is 7.38. The molecule has 2 unspecified atom stereocenters. The molecule has 2 rings (SSSR count). The lowest BCUT2D eigenvalue weighted by Crippen LogP contribution is -2.42. The van der Waals surface area contributed by atoms with Gasteiger partial charge in [0.05, 0.1) is 0 Å². The lowest BCUT2D eigenvalue weighted by atomic mass is 10.0. The van der Waals surface area contributed by atoms with E-state index in [9.17, 15) is 0 Å². The minimum absolute atomic E-state index is 0.434. The average Bonchev–Trinajstić information content (AvgIpc) is 2.50. The summed E-state index contributed by atoms with van der Waals surface area (Å²) in [5.41, 5.74) is 1.35. The van der Waals surface area contributed by atoms with Gasteiger partial charge in [0, 0.05) is 41.7 Å². The number of nitrogens with zero attached hydrogens (tertiary/aromatic N) is 1. The summed E-state index contributed by atoms with van der Waals surface area (Å²) in [5, 5.41) is 4.50. The Labute approximate surface area is 138 Å². The molecule has 0 aromatic heterocycles. The fraction of sp³-hybridized carbons (Fsp3) is 0.647. The third-order valence-corrected chi connectivity index (χ3v) is 5.56. The molecule has 1 fully saturated rings. The Morgan fingerprint density at radius 2 is 2.14 bits per heavy atom. The van der Waals surface area contributed by atoms with Gasteiger partial charge in [-0.1, -0.05) is 30.7 Å². The second-order valence-corrected chi connectivity index (χ2v) is 7.39. The summed E-state index contributed by atoms with van der Waals surface area (Å²) in [4.78, 5) is 2.63. The van der Waals surface area contributed by atoms with Crippen molar-refractivity contribution in [2.75, 3.05) is 31.1 Å². The molecular weight excluding hydrogens is 300 g/mol. The maximum atomic E-state index is 6.01. The Morgan fingerprint density at radius 3 is 2.81 bits per heavy atom. The van der Waals surface area contributed by atoms with Crippen LogP contribution >= 0.6 is 23.4 Å². The topological polar surface area (TPSA) is 15.3 Å². The highest BCUT2D eigenvalue weighted by atomic mass is 35.5. The van der Waals surface area contributed by atoms with Gasteiger partial charge in [-0.25, -0.2) is 0 Å². The highest BCUT2D eigenvalue weighted by Gasteiger charge is 2.20. The molecule has 21 heavy (non-hydrogen) atoms. The van der Waals surface area contributed by atoms with Crippen LogP contribution in [-0.2, 0) is 0 Å². The predicted molar refractivity (Wildman–Crippen MR) is 95.5 cm³/mol. The molecule has 118 valence electrons. The Morgan fingerprint density at radius 1 is 1.38 bits per heavy atom. The first-order chi connectivity index (χ1) is 10.2. The number of nitrogens with one attached hydrogen (secondary N) is 1. The summed E-state index contributed by atoms with van der Waals surface area (Å²) in [5.74, 6) is 2.55. The van der Waals surface area contributed by atoms with Crippen LogP contribution in [0.15, 0.2) is 24.3 Å². The second-order valence-electron chi connectivity index (χ2n) is 5.81. The first kappa shape index (κ1) is 17.1. The molecule has 1 aliphatic rings. The molecule has 0 aliphatic carbocycles. The summed E-state index contributed by atoms with van der Waals surface area (Å²) in [6.45, 7) is 8.04. The van der Waals surface area contributed by atoms with Gasteiger partial charge in [0.25, 0.3) is 0 Å². The van der Waals surface area contributed by atoms with Gasteiger partial charge in [0.15, 0.2) is 0 Å². The van der Waals surface area contributed by atoms with Crippen LogP contribution in [0.25, 0.3) is 0 Å². The van der Waals surface area contributed by atoms with E-state index in [1.165, 1.54) is 36.6 Å². The van der Waals surface area contributed by atoms with Gasteiger partial charge >= 0.3 is 0 Å². The van der Waals surface area contributed by atoms with Gasteiger partial charge in [-0.15, -0.1) is 0 Å². The van der Waals surface area contributed by atoms with E-state index in [1.54, 1.807) is 0 Å². The first-order valence-corrected chi connectivity index (χ1v) is 9.54. The van der Waals surface area contributed by atoms with Crippen LogP contribution in [0.5, 0.6) is 0 Å². The van der Waals surface area contributed by atoms with E-state index in [0.717, 1.165) is 18.0 Å². The molecule has 1 aromatic carbocycles. The molecule has 1 heterocycles. The zero-order chi connectivity index (χ0) is 15.1. The molecule has 4 heteroatoms. The van der Waals surface area contributed by atoms with E-state index in [0.29, 0.717) is 12.1 Å². The number of halogens is 1. The lowest BCUT2D eigenvalue weighted by Gasteiger charge is -2.34. The van der Waals surface area contributed by atoms with Gasteiger partial charge in [0.1, 0.15) is 0 Å². The minimum atomic E-state index is 0.434. The summed E-state index contributed by atoms with van der Waals surface area (Å²) < 4.78 is 0. The van der Waals surface area contributed by atoms with Gasteiger partial charge in [-0.05, 0) is 44.0 Å². The summed E-state index contributed by atoms with van der Waals surface area (Å²) in [6, 6.07) is 9.45. The molecule has 1 aromatic rings. The molecular formula is C17H27ClN2S. The quantitative estimate of drug-likeness (QED) is 0.808. The van der Waals surface area contributed by atoms with Crippen LogP contribution in [0.4, 0.5) is 0 Å². The molecule has 0 amide bonds. The number of hydrogen-bond acceptors (Lipinski definition) is 3. The molecule has 0 radical (unpaired) electrons. The van der Waals surface area contributed by atoms with Crippen LogP contribution in [0, 0.1) is 0 Å². The highest BCUT2D eigenvalue weighted by Crippen LogP contribution is 2.22. The molecule has 1 saturated heterocycles. The SMILES string of the molecule is CCCNC(CCN1CCSCC1C)c1ccc(Cl)cc1. The number of rotatable bonds is 7. The number of benzene rings is 1. The van der Waals surface area contributed by atoms with Crippen LogP contribution in [0.1, 0.15) is 38.3 Å². The van der Waals surface area contributed by atoms with E-state index < -0.39 is 0 Å². The van der Waals surface area contributed by atoms with Crippen molar-refractivity contribution in [3.63, 3.8) is 0 Å². The van der Waals surface area contributed by atoms with Crippen molar-refractivity contribution in [1.29, 1.82) is 0 Å². The van der Waals surface area contributed by atoms with Crippen molar-refractivity contribution in [3.05, 3.63) is 34.9 Å². The fourth-order valence-electron chi connectivity index (χ4n) is 2.79. The van der Waals surface area contributed by atoms with Crippen molar-refractivity contribution in [3.8, 4) is 0 Å². The highest BCUT2D eigenvalue weighted by molar-refractivity contribution is 7.99. The van der Waals surface area contributed by atoms with E-state index in [1.807, 2.05) is 12.1 Å². The Balaban J connectivity index is 1.94. The predicted octanol–water partition coefficient (Wildman–Crippen LogP) is 4.21. The van der Waals surface area contributed by atoms with Crippen LogP contribution in [0.3, 0.4) is 0 Å². The van der Waals surface area contributed by atoms with Gasteiger partial charge in [-0.3, -0.25) is 4.90 Å². The Hall–Kier alpha value is -0.220. The van der Waals surface area contributed by atoms with Gasteiger partial charge < -0.3 is 5.32 Å². The first-order valence-electron chi connectivity index (χ1n) is 8.01. The number of thioether (sulfide) groups is 1. The molecule has 1 N–H and O–H groups in total. The van der Waals surface area contributed by atoms with Crippen LogP contribution in [-0.4, -0.2) is 42.1 Å².